The van der Waals surface area contributed by atoms with E-state index in [1.165, 1.54) is 6.92 Å². The standard InChI is InChI=1S/C9H18N2O2/c1-5-6-9(7(2)12,8(10)13)11(3)4/h5-6H2,1-4H3,(H2,10,13). The number of nitrogens with zero attached hydrogens (tertiary/aromatic N) is 1. The molecule has 0 aliphatic carbocycles. The summed E-state index contributed by atoms with van der Waals surface area (Å²) in [5.74, 6) is -0.751. The summed E-state index contributed by atoms with van der Waals surface area (Å²) in [6.45, 7) is 3.32. The molecule has 0 aromatic heterocycles. The van der Waals surface area contributed by atoms with Crippen LogP contribution in [0.4, 0.5) is 0 Å². The van der Waals surface area contributed by atoms with Crippen molar-refractivity contribution < 1.29 is 9.59 Å². The van der Waals surface area contributed by atoms with Gasteiger partial charge in [0.1, 0.15) is 0 Å². The van der Waals surface area contributed by atoms with Crippen LogP contribution < -0.4 is 5.73 Å². The highest BCUT2D eigenvalue weighted by Gasteiger charge is 2.42. The van der Waals surface area contributed by atoms with Crippen LogP contribution in [0.3, 0.4) is 0 Å². The van der Waals surface area contributed by atoms with Gasteiger partial charge in [0.25, 0.3) is 0 Å². The smallest absolute Gasteiger partial charge is 0.245 e. The van der Waals surface area contributed by atoms with Crippen molar-refractivity contribution in [3.05, 3.63) is 0 Å². The number of hydrogen-bond donors (Lipinski definition) is 1. The minimum absolute atomic E-state index is 0.188. The molecule has 0 bridgehead atoms. The number of nitrogens with two attached hydrogens (primary N) is 1. The van der Waals surface area contributed by atoms with E-state index in [0.717, 1.165) is 6.42 Å². The third kappa shape index (κ3) is 2.06. The summed E-state index contributed by atoms with van der Waals surface area (Å²) < 4.78 is 0. The molecule has 0 saturated heterocycles. The van der Waals surface area contributed by atoms with E-state index < -0.39 is 11.4 Å². The first-order valence-corrected chi connectivity index (χ1v) is 4.38. The quantitative estimate of drug-likeness (QED) is 0.622. The number of likely N-dealkylation sites (N-methyl/N-ethyl adjacent to an activating group) is 1. The zero-order chi connectivity index (χ0) is 10.6. The minimum atomic E-state index is -1.12. The van der Waals surface area contributed by atoms with Crippen LogP contribution in [0.1, 0.15) is 26.7 Å². The van der Waals surface area contributed by atoms with Gasteiger partial charge in [0.2, 0.25) is 5.91 Å². The van der Waals surface area contributed by atoms with E-state index in [2.05, 4.69) is 0 Å². The van der Waals surface area contributed by atoms with Gasteiger partial charge in [0.05, 0.1) is 0 Å². The van der Waals surface area contributed by atoms with Crippen LogP contribution in [-0.2, 0) is 9.59 Å². The first-order valence-electron chi connectivity index (χ1n) is 4.38. The van der Waals surface area contributed by atoms with Gasteiger partial charge in [-0.15, -0.1) is 0 Å². The predicted octanol–water partition coefficient (Wildman–Crippen LogP) is 0.161. The van der Waals surface area contributed by atoms with E-state index in [4.69, 9.17) is 5.73 Å². The van der Waals surface area contributed by atoms with Crippen molar-refractivity contribution >= 4 is 11.7 Å². The maximum atomic E-state index is 11.4. The molecule has 0 heterocycles. The van der Waals surface area contributed by atoms with E-state index >= 15 is 0 Å². The molecule has 0 aromatic rings. The fraction of sp³-hybridized carbons (Fsp3) is 0.778. The van der Waals surface area contributed by atoms with Crippen molar-refractivity contribution in [2.45, 2.75) is 32.2 Å². The zero-order valence-electron chi connectivity index (χ0n) is 8.76. The number of amides is 1. The second kappa shape index (κ2) is 4.37. The Labute approximate surface area is 79.1 Å². The van der Waals surface area contributed by atoms with Gasteiger partial charge in [-0.1, -0.05) is 13.3 Å². The lowest BCUT2D eigenvalue weighted by molar-refractivity contribution is -0.140. The molecule has 1 amide bonds. The SMILES string of the molecule is CCCC(C(C)=O)(C(N)=O)N(C)C. The van der Waals surface area contributed by atoms with Gasteiger partial charge < -0.3 is 5.73 Å². The summed E-state index contributed by atoms with van der Waals surface area (Å²) in [7, 11) is 3.39. The molecule has 0 aliphatic rings. The Bertz CT molecular complexity index is 198. The fourth-order valence-electron chi connectivity index (χ4n) is 1.59. The van der Waals surface area contributed by atoms with Crippen molar-refractivity contribution in [3.63, 3.8) is 0 Å². The molecule has 0 rings (SSSR count). The van der Waals surface area contributed by atoms with Crippen LogP contribution in [0.25, 0.3) is 0 Å². The number of primary amides is 1. The summed E-state index contributed by atoms with van der Waals surface area (Å²) in [5, 5.41) is 0. The number of carbonyl (C=O) groups excluding carboxylic acids is 2. The van der Waals surface area contributed by atoms with Gasteiger partial charge in [0.15, 0.2) is 11.3 Å². The maximum Gasteiger partial charge on any atom is 0.245 e. The molecule has 76 valence electrons. The number of ketones is 1. The first kappa shape index (κ1) is 12.1. The Hall–Kier alpha value is -0.900. The number of carbonyl (C=O) groups is 2. The molecule has 0 fully saturated rings. The Morgan fingerprint density at radius 3 is 1.92 bits per heavy atom. The Morgan fingerprint density at radius 2 is 1.85 bits per heavy atom. The fourth-order valence-corrected chi connectivity index (χ4v) is 1.59. The normalized spacial score (nSPS) is 15.5. The minimum Gasteiger partial charge on any atom is -0.368 e. The van der Waals surface area contributed by atoms with Gasteiger partial charge in [0, 0.05) is 0 Å². The number of hydrogen-bond acceptors (Lipinski definition) is 3. The van der Waals surface area contributed by atoms with Gasteiger partial charge in [-0.2, -0.15) is 0 Å². The molecule has 0 spiro atoms. The molecule has 1 atom stereocenters. The zero-order valence-corrected chi connectivity index (χ0v) is 8.76. The van der Waals surface area contributed by atoms with Gasteiger partial charge in [-0.25, -0.2) is 0 Å². The number of Topliss-reactive ketones (excluding diaryl/α,β-unsaturated/α-hetero) is 1. The molecule has 0 saturated carbocycles. The van der Waals surface area contributed by atoms with Gasteiger partial charge in [-0.05, 0) is 27.4 Å². The van der Waals surface area contributed by atoms with Crippen LogP contribution in [-0.4, -0.2) is 36.2 Å². The van der Waals surface area contributed by atoms with E-state index in [1.54, 1.807) is 19.0 Å². The first-order chi connectivity index (χ1) is 5.89. The summed E-state index contributed by atoms with van der Waals surface area (Å²) in [5.41, 5.74) is 4.14. The lowest BCUT2D eigenvalue weighted by Crippen LogP contribution is -2.59. The van der Waals surface area contributed by atoms with Crippen molar-refractivity contribution in [2.75, 3.05) is 14.1 Å². The average molecular weight is 186 g/mol. The summed E-state index contributed by atoms with van der Waals surface area (Å²) in [4.78, 5) is 24.2. The molecular weight excluding hydrogens is 168 g/mol. The monoisotopic (exact) mass is 186 g/mol. The van der Waals surface area contributed by atoms with Gasteiger partial charge in [-0.3, -0.25) is 14.5 Å². The largest absolute Gasteiger partial charge is 0.368 e. The van der Waals surface area contributed by atoms with Crippen LogP contribution in [0.2, 0.25) is 0 Å². The van der Waals surface area contributed by atoms with Crippen LogP contribution in [0.5, 0.6) is 0 Å². The maximum absolute atomic E-state index is 11.4. The predicted molar refractivity (Wildman–Crippen MR) is 51.2 cm³/mol. The lowest BCUT2D eigenvalue weighted by atomic mass is 9.87. The third-order valence-electron chi connectivity index (χ3n) is 2.37. The van der Waals surface area contributed by atoms with E-state index in [-0.39, 0.29) is 5.78 Å². The van der Waals surface area contributed by atoms with E-state index in [1.807, 2.05) is 6.92 Å². The molecular formula is C9H18N2O2. The summed E-state index contributed by atoms with van der Waals surface area (Å²) >= 11 is 0. The van der Waals surface area contributed by atoms with E-state index in [0.29, 0.717) is 6.42 Å². The van der Waals surface area contributed by atoms with Gasteiger partial charge >= 0.3 is 0 Å². The average Bonchev–Trinajstić information content (AvgIpc) is 1.97. The van der Waals surface area contributed by atoms with Crippen molar-refractivity contribution in [1.82, 2.24) is 4.90 Å². The molecule has 0 aromatic carbocycles. The molecule has 13 heavy (non-hydrogen) atoms. The van der Waals surface area contributed by atoms with Crippen LogP contribution in [0.15, 0.2) is 0 Å². The Kier molecular flexibility index (Phi) is 4.07. The molecule has 4 heteroatoms. The van der Waals surface area contributed by atoms with Crippen molar-refractivity contribution in [3.8, 4) is 0 Å². The van der Waals surface area contributed by atoms with Crippen molar-refractivity contribution in [1.29, 1.82) is 0 Å². The highest BCUT2D eigenvalue weighted by Crippen LogP contribution is 2.19. The Morgan fingerprint density at radius 1 is 1.38 bits per heavy atom. The van der Waals surface area contributed by atoms with Crippen molar-refractivity contribution in [2.24, 2.45) is 5.73 Å². The lowest BCUT2D eigenvalue weighted by Gasteiger charge is -2.34. The second-order valence-electron chi connectivity index (χ2n) is 3.43. The molecule has 2 N–H and O–H groups in total. The summed E-state index contributed by atoms with van der Waals surface area (Å²) in [6.07, 6.45) is 1.23. The highest BCUT2D eigenvalue weighted by molar-refractivity contribution is 6.08. The molecule has 4 nitrogen and oxygen atoms in total. The highest BCUT2D eigenvalue weighted by atomic mass is 16.2. The second-order valence-corrected chi connectivity index (χ2v) is 3.43. The van der Waals surface area contributed by atoms with E-state index in [9.17, 15) is 9.59 Å². The Balaban J connectivity index is 5.05. The van der Waals surface area contributed by atoms with Crippen LogP contribution in [0, 0.1) is 0 Å². The van der Waals surface area contributed by atoms with Crippen LogP contribution >= 0.6 is 0 Å². The third-order valence-corrected chi connectivity index (χ3v) is 2.37. The topological polar surface area (TPSA) is 63.4 Å². The molecule has 0 aliphatic heterocycles. The number of rotatable bonds is 5. The summed E-state index contributed by atoms with van der Waals surface area (Å²) in [6, 6.07) is 0. The molecule has 1 unspecified atom stereocenters. The molecule has 0 radical (unpaired) electrons.